The van der Waals surface area contributed by atoms with Crippen LogP contribution in [0.4, 0.5) is 5.69 Å². The summed E-state index contributed by atoms with van der Waals surface area (Å²) >= 11 is 11.9. The number of hydrogen-bond acceptors (Lipinski definition) is 2. The van der Waals surface area contributed by atoms with Crippen LogP contribution in [0.2, 0.25) is 10.0 Å². The molecule has 2 aromatic rings. The first-order valence-corrected chi connectivity index (χ1v) is 8.26. The molecule has 2 N–H and O–H groups in total. The van der Waals surface area contributed by atoms with Crippen LogP contribution in [-0.2, 0) is 11.3 Å². The Bertz CT molecular complexity index is 743. The van der Waals surface area contributed by atoms with Crippen LogP contribution in [0, 0.1) is 5.92 Å². The molecule has 24 heavy (non-hydrogen) atoms. The van der Waals surface area contributed by atoms with Crippen LogP contribution in [0.1, 0.15) is 29.8 Å². The van der Waals surface area contributed by atoms with Crippen molar-refractivity contribution in [3.63, 3.8) is 0 Å². The van der Waals surface area contributed by atoms with E-state index < -0.39 is 0 Å². The van der Waals surface area contributed by atoms with E-state index in [0.29, 0.717) is 17.1 Å². The third-order valence-corrected chi connectivity index (χ3v) is 4.21. The summed E-state index contributed by atoms with van der Waals surface area (Å²) in [5, 5.41) is 6.19. The fourth-order valence-electron chi connectivity index (χ4n) is 1.95. The number of benzene rings is 2. The van der Waals surface area contributed by atoms with Crippen LogP contribution in [0.5, 0.6) is 0 Å². The van der Waals surface area contributed by atoms with Gasteiger partial charge in [-0.15, -0.1) is 0 Å². The second-order valence-electron chi connectivity index (χ2n) is 5.62. The average Bonchev–Trinajstić information content (AvgIpc) is 2.56. The van der Waals surface area contributed by atoms with Crippen molar-refractivity contribution in [1.82, 2.24) is 5.32 Å². The number of rotatable bonds is 5. The van der Waals surface area contributed by atoms with Gasteiger partial charge in [0.1, 0.15) is 0 Å². The Balaban J connectivity index is 1.96. The van der Waals surface area contributed by atoms with E-state index in [1.807, 2.05) is 26.0 Å². The predicted molar refractivity (Wildman–Crippen MR) is 97.5 cm³/mol. The van der Waals surface area contributed by atoms with Gasteiger partial charge < -0.3 is 10.6 Å². The lowest BCUT2D eigenvalue weighted by Crippen LogP contribution is -2.23. The van der Waals surface area contributed by atoms with Crippen molar-refractivity contribution >= 4 is 40.7 Å². The number of anilines is 1. The van der Waals surface area contributed by atoms with Gasteiger partial charge in [0.15, 0.2) is 0 Å². The van der Waals surface area contributed by atoms with E-state index in [1.165, 1.54) is 0 Å². The topological polar surface area (TPSA) is 58.2 Å². The van der Waals surface area contributed by atoms with E-state index in [1.54, 1.807) is 30.3 Å². The number of carbonyl (C=O) groups is 2. The van der Waals surface area contributed by atoms with Gasteiger partial charge in [0.25, 0.3) is 5.91 Å². The maximum atomic E-state index is 12.2. The highest BCUT2D eigenvalue weighted by molar-refractivity contribution is 6.43. The van der Waals surface area contributed by atoms with Crippen LogP contribution >= 0.6 is 23.2 Å². The van der Waals surface area contributed by atoms with E-state index in [9.17, 15) is 9.59 Å². The highest BCUT2D eigenvalue weighted by atomic mass is 35.5. The molecule has 6 heteroatoms. The highest BCUT2D eigenvalue weighted by Gasteiger charge is 2.12. The monoisotopic (exact) mass is 364 g/mol. The van der Waals surface area contributed by atoms with Crippen LogP contribution in [0.3, 0.4) is 0 Å². The number of amides is 2. The third kappa shape index (κ3) is 4.73. The zero-order valence-electron chi connectivity index (χ0n) is 13.4. The van der Waals surface area contributed by atoms with Gasteiger partial charge in [-0.25, -0.2) is 0 Å². The quantitative estimate of drug-likeness (QED) is 0.819. The van der Waals surface area contributed by atoms with Gasteiger partial charge in [-0.3, -0.25) is 9.59 Å². The third-order valence-electron chi connectivity index (χ3n) is 3.40. The van der Waals surface area contributed by atoms with Crippen LogP contribution < -0.4 is 10.6 Å². The summed E-state index contributed by atoms with van der Waals surface area (Å²) in [7, 11) is 0. The Morgan fingerprint density at radius 1 is 1.04 bits per heavy atom. The summed E-state index contributed by atoms with van der Waals surface area (Å²) in [6.45, 7) is 4.01. The van der Waals surface area contributed by atoms with Crippen LogP contribution in [0.15, 0.2) is 42.5 Å². The Morgan fingerprint density at radius 3 is 2.33 bits per heavy atom. The number of carbonyl (C=O) groups excluding carboxylic acids is 2. The Labute approximate surface area is 151 Å². The lowest BCUT2D eigenvalue weighted by molar-refractivity contribution is -0.118. The molecule has 0 aliphatic rings. The van der Waals surface area contributed by atoms with Gasteiger partial charge >= 0.3 is 0 Å². The minimum atomic E-state index is -0.292. The molecule has 0 radical (unpaired) electrons. The zero-order chi connectivity index (χ0) is 17.7. The van der Waals surface area contributed by atoms with Crippen LogP contribution in [-0.4, -0.2) is 11.8 Å². The average molecular weight is 365 g/mol. The fourth-order valence-corrected chi connectivity index (χ4v) is 2.34. The largest absolute Gasteiger partial charge is 0.348 e. The SMILES string of the molecule is CC(C)C(=O)Nc1ccc(CNC(=O)c2cccc(Cl)c2Cl)cc1. The van der Waals surface area contributed by atoms with Crippen molar-refractivity contribution in [2.75, 3.05) is 5.32 Å². The lowest BCUT2D eigenvalue weighted by Gasteiger charge is -2.10. The van der Waals surface area contributed by atoms with Gasteiger partial charge in [0.2, 0.25) is 5.91 Å². The lowest BCUT2D eigenvalue weighted by atomic mass is 10.1. The summed E-state index contributed by atoms with van der Waals surface area (Å²) in [4.78, 5) is 23.8. The van der Waals surface area contributed by atoms with Crippen molar-refractivity contribution in [3.8, 4) is 0 Å². The van der Waals surface area contributed by atoms with Crippen molar-refractivity contribution < 1.29 is 9.59 Å². The van der Waals surface area contributed by atoms with Crippen molar-refractivity contribution in [2.24, 2.45) is 5.92 Å². The maximum Gasteiger partial charge on any atom is 0.253 e. The molecule has 0 aliphatic heterocycles. The van der Waals surface area contributed by atoms with Gasteiger partial charge in [0.05, 0.1) is 15.6 Å². The molecule has 0 fully saturated rings. The smallest absolute Gasteiger partial charge is 0.253 e. The zero-order valence-corrected chi connectivity index (χ0v) is 14.9. The molecule has 0 unspecified atom stereocenters. The molecule has 0 saturated heterocycles. The van der Waals surface area contributed by atoms with Gasteiger partial charge in [0, 0.05) is 18.2 Å². The molecule has 0 saturated carbocycles. The summed E-state index contributed by atoms with van der Waals surface area (Å²) < 4.78 is 0. The Kier molecular flexibility index (Phi) is 6.23. The summed E-state index contributed by atoms with van der Waals surface area (Å²) in [6.07, 6.45) is 0. The summed E-state index contributed by atoms with van der Waals surface area (Å²) in [6, 6.07) is 12.2. The summed E-state index contributed by atoms with van der Waals surface area (Å²) in [5.41, 5.74) is 1.97. The van der Waals surface area contributed by atoms with Gasteiger partial charge in [-0.1, -0.05) is 55.2 Å². The molecule has 0 atom stereocenters. The van der Waals surface area contributed by atoms with Gasteiger partial charge in [-0.05, 0) is 29.8 Å². The maximum absolute atomic E-state index is 12.2. The molecular weight excluding hydrogens is 347 g/mol. The minimum absolute atomic E-state index is 0.0355. The van der Waals surface area contributed by atoms with E-state index in [4.69, 9.17) is 23.2 Å². The van der Waals surface area contributed by atoms with E-state index in [0.717, 1.165) is 11.3 Å². The first-order chi connectivity index (χ1) is 11.4. The first kappa shape index (κ1) is 18.3. The number of halogens is 2. The van der Waals surface area contributed by atoms with Crippen molar-refractivity contribution in [3.05, 3.63) is 63.6 Å². The first-order valence-electron chi connectivity index (χ1n) is 7.50. The molecule has 4 nitrogen and oxygen atoms in total. The molecule has 126 valence electrons. The van der Waals surface area contributed by atoms with Gasteiger partial charge in [-0.2, -0.15) is 0 Å². The normalized spacial score (nSPS) is 10.5. The molecule has 0 spiro atoms. The standard InChI is InChI=1S/C18H18Cl2N2O2/c1-11(2)17(23)22-13-8-6-12(7-9-13)10-21-18(24)14-4-3-5-15(19)16(14)20/h3-9,11H,10H2,1-2H3,(H,21,24)(H,22,23). The molecule has 0 aromatic heterocycles. The predicted octanol–water partition coefficient (Wildman–Crippen LogP) is 4.52. The molecule has 2 rings (SSSR count). The second kappa shape index (κ2) is 8.18. The Morgan fingerprint density at radius 2 is 1.71 bits per heavy atom. The molecule has 0 heterocycles. The fraction of sp³-hybridized carbons (Fsp3) is 0.222. The molecule has 0 aliphatic carbocycles. The van der Waals surface area contributed by atoms with Crippen LogP contribution in [0.25, 0.3) is 0 Å². The molecule has 0 bridgehead atoms. The Hall–Kier alpha value is -2.04. The summed E-state index contributed by atoms with van der Waals surface area (Å²) in [5.74, 6) is -0.405. The van der Waals surface area contributed by atoms with E-state index >= 15 is 0 Å². The molecule has 2 aromatic carbocycles. The number of nitrogens with one attached hydrogen (secondary N) is 2. The number of hydrogen-bond donors (Lipinski definition) is 2. The molecular formula is C18H18Cl2N2O2. The second-order valence-corrected chi connectivity index (χ2v) is 6.41. The van der Waals surface area contributed by atoms with Crippen molar-refractivity contribution in [2.45, 2.75) is 20.4 Å². The highest BCUT2D eigenvalue weighted by Crippen LogP contribution is 2.25. The molecule has 2 amide bonds. The van der Waals surface area contributed by atoms with E-state index in [2.05, 4.69) is 10.6 Å². The van der Waals surface area contributed by atoms with E-state index in [-0.39, 0.29) is 22.8 Å². The van der Waals surface area contributed by atoms with Crippen molar-refractivity contribution in [1.29, 1.82) is 0 Å². The minimum Gasteiger partial charge on any atom is -0.348 e.